The summed E-state index contributed by atoms with van der Waals surface area (Å²) in [5.74, 6) is 0. The summed E-state index contributed by atoms with van der Waals surface area (Å²) < 4.78 is 71.9. The maximum atomic E-state index is 11.5. The van der Waals surface area contributed by atoms with Gasteiger partial charge in [-0.3, -0.25) is 0 Å². The van der Waals surface area contributed by atoms with Crippen molar-refractivity contribution in [2.45, 2.75) is 18.5 Å². The van der Waals surface area contributed by atoms with E-state index in [-0.39, 0.29) is 0 Å². The number of halogens is 6. The van der Waals surface area contributed by atoms with Crippen molar-refractivity contribution in [3.05, 3.63) is 0 Å². The summed E-state index contributed by atoms with van der Waals surface area (Å²) in [7, 11) is 0. The van der Waals surface area contributed by atoms with E-state index in [1.54, 1.807) is 0 Å². The molecule has 1 unspecified atom stereocenters. The van der Waals surface area contributed by atoms with Crippen molar-refractivity contribution in [3.8, 4) is 0 Å². The summed E-state index contributed by atoms with van der Waals surface area (Å²) in [6.45, 7) is -3.22. The molecule has 80 valence electrons. The lowest BCUT2D eigenvalue weighted by atomic mass is 10.4. The first kappa shape index (κ1) is 12.5. The van der Waals surface area contributed by atoms with E-state index in [4.69, 9.17) is 5.11 Å². The van der Waals surface area contributed by atoms with Gasteiger partial charge in [0.1, 0.15) is 6.61 Å². The molecule has 0 radical (unpaired) electrons. The van der Waals surface area contributed by atoms with Crippen molar-refractivity contribution >= 4 is 0 Å². The van der Waals surface area contributed by atoms with Gasteiger partial charge >= 0.3 is 12.4 Å². The van der Waals surface area contributed by atoms with Crippen LogP contribution < -0.4 is 0 Å². The Kier molecular flexibility index (Phi) is 3.98. The van der Waals surface area contributed by atoms with E-state index in [1.807, 2.05) is 0 Å². The van der Waals surface area contributed by atoms with Gasteiger partial charge in [-0.1, -0.05) is 0 Å². The lowest BCUT2D eigenvalue weighted by Gasteiger charge is -2.15. The van der Waals surface area contributed by atoms with Crippen LogP contribution in [0.2, 0.25) is 0 Å². The first-order valence-electron chi connectivity index (χ1n) is 3.02. The molecular weight excluding hydrogens is 206 g/mol. The Morgan fingerprint density at radius 3 is 1.85 bits per heavy atom. The number of aliphatic hydroxyl groups is 1. The minimum absolute atomic E-state index is 1.41. The Balaban J connectivity index is 3.67. The Hall–Kier alpha value is -0.500. The van der Waals surface area contributed by atoms with Gasteiger partial charge in [-0.05, 0) is 0 Å². The molecule has 0 bridgehead atoms. The Bertz CT molecular complexity index is 150. The average molecular weight is 212 g/mol. The van der Waals surface area contributed by atoms with Crippen LogP contribution >= 0.6 is 0 Å². The van der Waals surface area contributed by atoms with Crippen LogP contribution in [-0.4, -0.2) is 36.8 Å². The fraction of sp³-hybridized carbons (Fsp3) is 1.00. The molecule has 0 aliphatic heterocycles. The number of hydrogen-bond acceptors (Lipinski definition) is 2. The zero-order valence-electron chi connectivity index (χ0n) is 6.11. The lowest BCUT2D eigenvalue weighted by Crippen LogP contribution is -2.34. The number of alkyl halides is 6. The largest absolute Gasteiger partial charge is 0.416 e. The molecule has 0 amide bonds. The van der Waals surface area contributed by atoms with Crippen molar-refractivity contribution in [3.63, 3.8) is 0 Å². The summed E-state index contributed by atoms with van der Waals surface area (Å²) in [6.07, 6.45) is -12.5. The highest BCUT2D eigenvalue weighted by Crippen LogP contribution is 2.21. The van der Waals surface area contributed by atoms with Gasteiger partial charge in [-0.2, -0.15) is 26.3 Å². The topological polar surface area (TPSA) is 29.5 Å². The van der Waals surface area contributed by atoms with Gasteiger partial charge < -0.3 is 9.84 Å². The average Bonchev–Trinajstić information content (AvgIpc) is 1.82. The Morgan fingerprint density at radius 1 is 1.08 bits per heavy atom. The predicted molar refractivity (Wildman–Crippen MR) is 28.9 cm³/mol. The molecule has 2 nitrogen and oxygen atoms in total. The lowest BCUT2D eigenvalue weighted by molar-refractivity contribution is -0.232. The highest BCUT2D eigenvalue weighted by atomic mass is 19.4. The van der Waals surface area contributed by atoms with Gasteiger partial charge in [0.05, 0.1) is 6.61 Å². The standard InChI is InChI=1S/C5H6F6O2/c6-4(7,8)2-13-1-3(12)5(9,10)11/h3,12H,1-2H2. The van der Waals surface area contributed by atoms with Crippen molar-refractivity contribution in [2.75, 3.05) is 13.2 Å². The molecule has 0 rings (SSSR count). The summed E-state index contributed by atoms with van der Waals surface area (Å²) in [6, 6.07) is 0. The third kappa shape index (κ3) is 6.64. The van der Waals surface area contributed by atoms with E-state index in [0.29, 0.717) is 0 Å². The second-order valence-electron chi connectivity index (χ2n) is 2.19. The fourth-order valence-electron chi connectivity index (χ4n) is 0.381. The van der Waals surface area contributed by atoms with Gasteiger partial charge in [0.15, 0.2) is 6.10 Å². The highest BCUT2D eigenvalue weighted by Gasteiger charge is 2.39. The number of rotatable bonds is 3. The van der Waals surface area contributed by atoms with E-state index in [2.05, 4.69) is 4.74 Å². The van der Waals surface area contributed by atoms with Gasteiger partial charge in [0, 0.05) is 0 Å². The maximum Gasteiger partial charge on any atom is 0.416 e. The second-order valence-corrected chi connectivity index (χ2v) is 2.19. The minimum Gasteiger partial charge on any atom is -0.382 e. The SMILES string of the molecule is OC(COCC(F)(F)F)C(F)(F)F. The summed E-state index contributed by atoms with van der Waals surface area (Å²) in [5, 5.41) is 8.17. The molecule has 0 saturated heterocycles. The zero-order valence-corrected chi connectivity index (χ0v) is 6.11. The van der Waals surface area contributed by atoms with Crippen LogP contribution in [0.5, 0.6) is 0 Å². The second kappa shape index (κ2) is 4.14. The van der Waals surface area contributed by atoms with Crippen molar-refractivity contribution in [2.24, 2.45) is 0 Å². The molecule has 0 spiro atoms. The van der Waals surface area contributed by atoms with Crippen LogP contribution in [0.4, 0.5) is 26.3 Å². The molecule has 0 aliphatic rings. The normalized spacial score (nSPS) is 15.9. The van der Waals surface area contributed by atoms with Crippen molar-refractivity contribution in [1.29, 1.82) is 0 Å². The predicted octanol–water partition coefficient (Wildman–Crippen LogP) is 1.49. The zero-order chi connectivity index (χ0) is 10.7. The quantitative estimate of drug-likeness (QED) is 0.718. The third-order valence-electron chi connectivity index (χ3n) is 0.919. The molecule has 0 aliphatic carbocycles. The maximum absolute atomic E-state index is 11.5. The van der Waals surface area contributed by atoms with Crippen LogP contribution in [0, 0.1) is 0 Å². The fourth-order valence-corrected chi connectivity index (χ4v) is 0.381. The molecule has 0 heterocycles. The molecule has 1 atom stereocenters. The Morgan fingerprint density at radius 2 is 1.54 bits per heavy atom. The van der Waals surface area contributed by atoms with Gasteiger partial charge in [0.2, 0.25) is 0 Å². The molecule has 0 aromatic carbocycles. The highest BCUT2D eigenvalue weighted by molar-refractivity contribution is 4.63. The van der Waals surface area contributed by atoms with Crippen LogP contribution in [0.15, 0.2) is 0 Å². The molecule has 0 aromatic heterocycles. The first-order valence-corrected chi connectivity index (χ1v) is 3.02. The third-order valence-corrected chi connectivity index (χ3v) is 0.919. The van der Waals surface area contributed by atoms with Crippen LogP contribution in [-0.2, 0) is 4.74 Å². The molecule has 0 aromatic rings. The van der Waals surface area contributed by atoms with Crippen molar-refractivity contribution < 1.29 is 36.2 Å². The van der Waals surface area contributed by atoms with E-state index >= 15 is 0 Å². The smallest absolute Gasteiger partial charge is 0.382 e. The first-order chi connectivity index (χ1) is 5.63. The Labute approximate surface area is 69.1 Å². The van der Waals surface area contributed by atoms with Crippen LogP contribution in [0.1, 0.15) is 0 Å². The van der Waals surface area contributed by atoms with Gasteiger partial charge in [-0.15, -0.1) is 0 Å². The summed E-state index contributed by atoms with van der Waals surface area (Å²) in [5.41, 5.74) is 0. The van der Waals surface area contributed by atoms with Gasteiger partial charge in [0.25, 0.3) is 0 Å². The van der Waals surface area contributed by atoms with E-state index in [9.17, 15) is 26.3 Å². The molecule has 8 heteroatoms. The van der Waals surface area contributed by atoms with E-state index in [1.165, 1.54) is 0 Å². The van der Waals surface area contributed by atoms with E-state index < -0.39 is 31.7 Å². The van der Waals surface area contributed by atoms with Crippen LogP contribution in [0.25, 0.3) is 0 Å². The molecular formula is C5H6F6O2. The number of aliphatic hydroxyl groups excluding tert-OH is 1. The molecule has 0 fully saturated rings. The van der Waals surface area contributed by atoms with Crippen molar-refractivity contribution in [1.82, 2.24) is 0 Å². The summed E-state index contributed by atoms with van der Waals surface area (Å²) in [4.78, 5) is 0. The number of hydrogen-bond donors (Lipinski definition) is 1. The van der Waals surface area contributed by atoms with Gasteiger partial charge in [-0.25, -0.2) is 0 Å². The summed E-state index contributed by atoms with van der Waals surface area (Å²) >= 11 is 0. The van der Waals surface area contributed by atoms with E-state index in [0.717, 1.165) is 0 Å². The monoisotopic (exact) mass is 212 g/mol. The van der Waals surface area contributed by atoms with Crippen LogP contribution in [0.3, 0.4) is 0 Å². The number of ether oxygens (including phenoxy) is 1. The molecule has 1 N–H and O–H groups in total. The molecule has 0 saturated carbocycles. The minimum atomic E-state index is -4.95. The molecule has 13 heavy (non-hydrogen) atoms.